The Morgan fingerprint density at radius 2 is 2.10 bits per heavy atom. The van der Waals surface area contributed by atoms with Gasteiger partial charge >= 0.3 is 5.97 Å². The number of rotatable bonds is 4. The first-order valence-corrected chi connectivity index (χ1v) is 6.99. The van der Waals surface area contributed by atoms with Crippen LogP contribution < -0.4 is 5.32 Å². The fourth-order valence-electron chi connectivity index (χ4n) is 1.70. The lowest BCUT2D eigenvalue weighted by Gasteiger charge is -2.18. The molecular weight excluding hydrogens is 344 g/mol. The van der Waals surface area contributed by atoms with E-state index in [1.165, 1.54) is 7.11 Å². The van der Waals surface area contributed by atoms with E-state index in [1.54, 1.807) is 12.3 Å². The highest BCUT2D eigenvalue weighted by Gasteiger charge is 2.22. The molecule has 1 heterocycles. The van der Waals surface area contributed by atoms with Crippen molar-refractivity contribution in [3.63, 3.8) is 0 Å². The summed E-state index contributed by atoms with van der Waals surface area (Å²) >= 11 is 9.39. The van der Waals surface area contributed by atoms with Gasteiger partial charge in [0.25, 0.3) is 0 Å². The number of aromatic nitrogens is 1. The molecule has 0 bridgehead atoms. The number of anilines is 1. The average Bonchev–Trinajstić information content (AvgIpc) is 2.46. The normalized spacial score (nSPS) is 11.8. The summed E-state index contributed by atoms with van der Waals surface area (Å²) in [6, 6.07) is 10.3. The fourth-order valence-corrected chi connectivity index (χ4v) is 2.38. The first-order valence-electron chi connectivity index (χ1n) is 5.82. The van der Waals surface area contributed by atoms with Crippen LogP contribution in [-0.4, -0.2) is 18.1 Å². The maximum absolute atomic E-state index is 11.9. The van der Waals surface area contributed by atoms with Crippen molar-refractivity contribution in [3.8, 4) is 0 Å². The van der Waals surface area contributed by atoms with E-state index in [4.69, 9.17) is 16.3 Å². The highest BCUT2D eigenvalue weighted by atomic mass is 79.9. The molecule has 20 heavy (non-hydrogen) atoms. The molecule has 0 saturated carbocycles. The smallest absolute Gasteiger partial charge is 0.333 e. The van der Waals surface area contributed by atoms with Crippen LogP contribution in [0.3, 0.4) is 0 Å². The summed E-state index contributed by atoms with van der Waals surface area (Å²) in [5.41, 5.74) is 0.778. The Morgan fingerprint density at radius 1 is 1.40 bits per heavy atom. The minimum Gasteiger partial charge on any atom is -0.467 e. The largest absolute Gasteiger partial charge is 0.467 e. The highest BCUT2D eigenvalue weighted by Crippen LogP contribution is 2.27. The standard InChI is InChI=1S/C14H12BrClN2O2/c1-20-14(19)12(9-5-3-2-4-6-9)18-13-11(16)7-10(15)8-17-13/h2-8,12H,1H3,(H,17,18). The van der Waals surface area contributed by atoms with Crippen LogP contribution in [0.4, 0.5) is 5.82 Å². The number of carbonyl (C=O) groups is 1. The predicted molar refractivity (Wildman–Crippen MR) is 81.8 cm³/mol. The van der Waals surface area contributed by atoms with Crippen LogP contribution >= 0.6 is 27.5 Å². The van der Waals surface area contributed by atoms with Gasteiger partial charge in [-0.1, -0.05) is 41.9 Å². The lowest BCUT2D eigenvalue weighted by atomic mass is 10.1. The van der Waals surface area contributed by atoms with Crippen molar-refractivity contribution in [2.75, 3.05) is 12.4 Å². The molecule has 1 aromatic heterocycles. The molecule has 1 aromatic carbocycles. The number of nitrogens with zero attached hydrogens (tertiary/aromatic N) is 1. The first-order chi connectivity index (χ1) is 9.61. The van der Waals surface area contributed by atoms with Crippen LogP contribution in [-0.2, 0) is 9.53 Å². The molecule has 1 unspecified atom stereocenters. The Balaban J connectivity index is 2.31. The zero-order valence-electron chi connectivity index (χ0n) is 10.6. The van der Waals surface area contributed by atoms with Gasteiger partial charge in [0.2, 0.25) is 0 Å². The molecule has 0 radical (unpaired) electrons. The molecule has 0 aliphatic carbocycles. The molecule has 0 fully saturated rings. The Hall–Kier alpha value is -1.59. The predicted octanol–water partition coefficient (Wildman–Crippen LogP) is 3.82. The summed E-state index contributed by atoms with van der Waals surface area (Å²) in [7, 11) is 1.34. The maximum Gasteiger partial charge on any atom is 0.333 e. The van der Waals surface area contributed by atoms with Crippen molar-refractivity contribution in [1.82, 2.24) is 4.98 Å². The van der Waals surface area contributed by atoms with E-state index in [-0.39, 0.29) is 0 Å². The van der Waals surface area contributed by atoms with Crippen LogP contribution in [0, 0.1) is 0 Å². The molecule has 1 N–H and O–H groups in total. The lowest BCUT2D eigenvalue weighted by Crippen LogP contribution is -2.22. The van der Waals surface area contributed by atoms with Crippen molar-refractivity contribution >= 4 is 39.3 Å². The summed E-state index contributed by atoms with van der Waals surface area (Å²) in [5.74, 6) is 0.0195. The molecular formula is C14H12BrClN2O2. The number of benzene rings is 1. The number of carbonyl (C=O) groups excluding carboxylic acids is 1. The number of ether oxygens (including phenoxy) is 1. The molecule has 1 atom stereocenters. The van der Waals surface area contributed by atoms with Gasteiger partial charge in [-0.15, -0.1) is 0 Å². The lowest BCUT2D eigenvalue weighted by molar-refractivity contribution is -0.141. The molecule has 0 amide bonds. The summed E-state index contributed by atoms with van der Waals surface area (Å²) in [5, 5.41) is 3.42. The minimum atomic E-state index is -0.660. The van der Waals surface area contributed by atoms with E-state index >= 15 is 0 Å². The first kappa shape index (κ1) is 14.8. The van der Waals surface area contributed by atoms with Crippen molar-refractivity contribution in [3.05, 3.63) is 57.7 Å². The van der Waals surface area contributed by atoms with Gasteiger partial charge < -0.3 is 10.1 Å². The van der Waals surface area contributed by atoms with Gasteiger partial charge in [0.1, 0.15) is 5.82 Å². The van der Waals surface area contributed by atoms with Crippen LogP contribution in [0.1, 0.15) is 11.6 Å². The van der Waals surface area contributed by atoms with Crippen molar-refractivity contribution in [2.45, 2.75) is 6.04 Å². The monoisotopic (exact) mass is 354 g/mol. The van der Waals surface area contributed by atoms with E-state index in [0.29, 0.717) is 10.8 Å². The topological polar surface area (TPSA) is 51.2 Å². The second-order valence-corrected chi connectivity index (χ2v) is 5.32. The molecule has 2 rings (SSSR count). The zero-order valence-corrected chi connectivity index (χ0v) is 13.0. The van der Waals surface area contributed by atoms with Gasteiger partial charge in [-0.3, -0.25) is 0 Å². The summed E-state index contributed by atoms with van der Waals surface area (Å²) in [6.07, 6.45) is 1.60. The number of methoxy groups -OCH3 is 1. The van der Waals surface area contributed by atoms with Crippen LogP contribution in [0.5, 0.6) is 0 Å². The second kappa shape index (κ2) is 6.72. The van der Waals surface area contributed by atoms with Gasteiger partial charge in [0.15, 0.2) is 6.04 Å². The molecule has 6 heteroatoms. The number of hydrogen-bond donors (Lipinski definition) is 1. The number of halogens is 2. The van der Waals surface area contributed by atoms with Gasteiger partial charge in [-0.2, -0.15) is 0 Å². The van der Waals surface area contributed by atoms with Gasteiger partial charge in [-0.25, -0.2) is 9.78 Å². The summed E-state index contributed by atoms with van der Waals surface area (Å²) in [6.45, 7) is 0. The number of nitrogens with one attached hydrogen (secondary N) is 1. The van der Waals surface area contributed by atoms with Gasteiger partial charge in [0.05, 0.1) is 12.1 Å². The molecule has 0 aliphatic heterocycles. The fraction of sp³-hybridized carbons (Fsp3) is 0.143. The van der Waals surface area contributed by atoms with Crippen molar-refractivity contribution < 1.29 is 9.53 Å². The molecule has 0 aliphatic rings. The average molecular weight is 356 g/mol. The summed E-state index contributed by atoms with van der Waals surface area (Å²) in [4.78, 5) is 16.1. The Bertz CT molecular complexity index is 607. The van der Waals surface area contributed by atoms with Crippen LogP contribution in [0.15, 0.2) is 47.1 Å². The maximum atomic E-state index is 11.9. The number of pyridine rings is 1. The Morgan fingerprint density at radius 3 is 2.70 bits per heavy atom. The second-order valence-electron chi connectivity index (χ2n) is 4.00. The van der Waals surface area contributed by atoms with Gasteiger partial charge in [0, 0.05) is 10.7 Å². The minimum absolute atomic E-state index is 0.406. The zero-order chi connectivity index (χ0) is 14.5. The third-order valence-electron chi connectivity index (χ3n) is 2.66. The third-order valence-corrected chi connectivity index (χ3v) is 3.38. The van der Waals surface area contributed by atoms with E-state index in [9.17, 15) is 4.79 Å². The molecule has 0 saturated heterocycles. The molecule has 104 valence electrons. The molecule has 2 aromatic rings. The molecule has 4 nitrogen and oxygen atoms in total. The Labute approximate surface area is 130 Å². The Kier molecular flexibility index (Phi) is 4.98. The van der Waals surface area contributed by atoms with Crippen LogP contribution in [0.2, 0.25) is 5.02 Å². The van der Waals surface area contributed by atoms with E-state index in [1.807, 2.05) is 30.3 Å². The third kappa shape index (κ3) is 3.49. The SMILES string of the molecule is COC(=O)C(Nc1ncc(Br)cc1Cl)c1ccccc1. The van der Waals surface area contributed by atoms with Crippen molar-refractivity contribution in [1.29, 1.82) is 0 Å². The quantitative estimate of drug-likeness (QED) is 0.847. The number of esters is 1. The highest BCUT2D eigenvalue weighted by molar-refractivity contribution is 9.10. The number of hydrogen-bond acceptors (Lipinski definition) is 4. The summed E-state index contributed by atoms with van der Waals surface area (Å²) < 4.78 is 5.59. The molecule has 0 spiro atoms. The van der Waals surface area contributed by atoms with E-state index < -0.39 is 12.0 Å². The van der Waals surface area contributed by atoms with Gasteiger partial charge in [-0.05, 0) is 27.6 Å². The van der Waals surface area contributed by atoms with E-state index in [0.717, 1.165) is 10.0 Å². The van der Waals surface area contributed by atoms with Crippen LogP contribution in [0.25, 0.3) is 0 Å². The van der Waals surface area contributed by atoms with Crippen molar-refractivity contribution in [2.24, 2.45) is 0 Å². The van der Waals surface area contributed by atoms with E-state index in [2.05, 4.69) is 26.2 Å².